The summed E-state index contributed by atoms with van der Waals surface area (Å²) in [5.74, 6) is 1.44. The van der Waals surface area contributed by atoms with E-state index < -0.39 is 8.60 Å². The lowest BCUT2D eigenvalue weighted by atomic mass is 9.96. The first-order valence-electron chi connectivity index (χ1n) is 8.58. The summed E-state index contributed by atoms with van der Waals surface area (Å²) < 4.78 is 15.7. The summed E-state index contributed by atoms with van der Waals surface area (Å²) in [6, 6.07) is 5.91. The molecule has 2 heterocycles. The Morgan fingerprint density at radius 2 is 1.89 bits per heavy atom. The predicted molar refractivity (Wildman–Crippen MR) is 102 cm³/mol. The van der Waals surface area contributed by atoms with Crippen LogP contribution < -0.4 is 14.4 Å². The standard InChI is InChI=1S/C18H22N3O5P/c1-24-16-7-14-15(8-17(16)25-2)20-10-13(9-19)18(14)21-5-3-12(4-6-21)11-26-27(22)23/h7-8,10,12,22-23H,3-6,11H2,1-2H3. The topological polar surface area (TPSA) is 108 Å². The van der Waals surface area contributed by atoms with E-state index in [2.05, 4.69) is 16.0 Å². The first kappa shape index (κ1) is 19.6. The van der Waals surface area contributed by atoms with Crippen LogP contribution in [0.4, 0.5) is 5.69 Å². The zero-order valence-corrected chi connectivity index (χ0v) is 16.1. The van der Waals surface area contributed by atoms with Crippen LogP contribution in [0, 0.1) is 17.2 Å². The Morgan fingerprint density at radius 1 is 1.22 bits per heavy atom. The highest BCUT2D eigenvalue weighted by Crippen LogP contribution is 2.39. The Bertz CT molecular complexity index is 847. The third-order valence-corrected chi connectivity index (χ3v) is 5.20. The van der Waals surface area contributed by atoms with Crippen molar-refractivity contribution in [2.24, 2.45) is 5.92 Å². The molecule has 1 aromatic heterocycles. The van der Waals surface area contributed by atoms with E-state index in [-0.39, 0.29) is 5.92 Å². The molecule has 0 radical (unpaired) electrons. The Balaban J connectivity index is 1.92. The van der Waals surface area contributed by atoms with Gasteiger partial charge in [-0.2, -0.15) is 5.26 Å². The van der Waals surface area contributed by atoms with E-state index in [1.807, 2.05) is 12.1 Å². The monoisotopic (exact) mass is 391 g/mol. The molecule has 2 N–H and O–H groups in total. The van der Waals surface area contributed by atoms with Gasteiger partial charge >= 0.3 is 8.60 Å². The molecule has 144 valence electrons. The molecule has 2 aromatic rings. The van der Waals surface area contributed by atoms with Crippen LogP contribution in [-0.2, 0) is 4.52 Å². The lowest BCUT2D eigenvalue weighted by molar-refractivity contribution is 0.194. The van der Waals surface area contributed by atoms with Gasteiger partial charge in [0.1, 0.15) is 6.07 Å². The van der Waals surface area contributed by atoms with Crippen molar-refractivity contribution in [1.29, 1.82) is 5.26 Å². The molecule has 1 aromatic carbocycles. The van der Waals surface area contributed by atoms with Gasteiger partial charge in [-0.05, 0) is 24.8 Å². The fraction of sp³-hybridized carbons (Fsp3) is 0.444. The van der Waals surface area contributed by atoms with Crippen LogP contribution >= 0.6 is 8.60 Å². The summed E-state index contributed by atoms with van der Waals surface area (Å²) in [5.41, 5.74) is 2.09. The minimum Gasteiger partial charge on any atom is -0.493 e. The number of benzene rings is 1. The molecule has 3 rings (SSSR count). The third-order valence-electron chi connectivity index (χ3n) is 4.82. The first-order valence-corrected chi connectivity index (χ1v) is 9.74. The molecule has 0 saturated carbocycles. The second-order valence-electron chi connectivity index (χ2n) is 6.34. The maximum atomic E-state index is 9.59. The largest absolute Gasteiger partial charge is 0.493 e. The van der Waals surface area contributed by atoms with Gasteiger partial charge in [0.2, 0.25) is 0 Å². The summed E-state index contributed by atoms with van der Waals surface area (Å²) >= 11 is 0. The van der Waals surface area contributed by atoms with E-state index in [1.165, 1.54) is 0 Å². The molecule has 0 bridgehead atoms. The number of nitrogens with zero attached hydrogens (tertiary/aromatic N) is 3. The fourth-order valence-corrected chi connectivity index (χ4v) is 3.77. The summed E-state index contributed by atoms with van der Waals surface area (Å²) in [4.78, 5) is 24.4. The highest BCUT2D eigenvalue weighted by atomic mass is 31.2. The summed E-state index contributed by atoms with van der Waals surface area (Å²) in [6.45, 7) is 1.82. The van der Waals surface area contributed by atoms with Crippen molar-refractivity contribution in [2.75, 3.05) is 38.8 Å². The van der Waals surface area contributed by atoms with Crippen LogP contribution in [0.25, 0.3) is 10.9 Å². The Morgan fingerprint density at radius 3 is 2.48 bits per heavy atom. The number of hydrogen-bond acceptors (Lipinski definition) is 8. The van der Waals surface area contributed by atoms with Crippen LogP contribution in [0.2, 0.25) is 0 Å². The maximum Gasteiger partial charge on any atom is 0.327 e. The average molecular weight is 391 g/mol. The van der Waals surface area contributed by atoms with E-state index in [0.717, 1.165) is 42.5 Å². The molecule has 0 aliphatic carbocycles. The average Bonchev–Trinajstić information content (AvgIpc) is 2.70. The van der Waals surface area contributed by atoms with Gasteiger partial charge in [-0.25, -0.2) is 0 Å². The smallest absolute Gasteiger partial charge is 0.327 e. The van der Waals surface area contributed by atoms with Crippen LogP contribution in [0.15, 0.2) is 18.3 Å². The SMILES string of the molecule is COc1cc2ncc(C#N)c(N3CCC(COP(O)O)CC3)c2cc1OC. The number of methoxy groups -OCH3 is 2. The van der Waals surface area contributed by atoms with Gasteiger partial charge in [-0.3, -0.25) is 4.98 Å². The number of anilines is 1. The molecule has 9 heteroatoms. The molecule has 8 nitrogen and oxygen atoms in total. The zero-order valence-electron chi connectivity index (χ0n) is 15.3. The molecule has 0 spiro atoms. The molecule has 1 aliphatic heterocycles. The summed E-state index contributed by atoms with van der Waals surface area (Å²) in [6.07, 6.45) is 3.26. The quantitative estimate of drug-likeness (QED) is 0.724. The van der Waals surface area contributed by atoms with Crippen molar-refractivity contribution >= 4 is 25.2 Å². The van der Waals surface area contributed by atoms with Crippen molar-refractivity contribution in [3.63, 3.8) is 0 Å². The molecular formula is C18H22N3O5P. The highest BCUT2D eigenvalue weighted by molar-refractivity contribution is 7.39. The number of fused-ring (bicyclic) bond motifs is 1. The van der Waals surface area contributed by atoms with Crippen LogP contribution in [0.5, 0.6) is 11.5 Å². The Hall–Kier alpha value is -2.17. The van der Waals surface area contributed by atoms with E-state index >= 15 is 0 Å². The Kier molecular flexibility index (Phi) is 6.30. The fourth-order valence-electron chi connectivity index (χ4n) is 3.42. The van der Waals surface area contributed by atoms with Crippen molar-refractivity contribution in [2.45, 2.75) is 12.8 Å². The van der Waals surface area contributed by atoms with Crippen molar-refractivity contribution in [3.05, 3.63) is 23.9 Å². The van der Waals surface area contributed by atoms with E-state index in [9.17, 15) is 5.26 Å². The van der Waals surface area contributed by atoms with Gasteiger partial charge in [-0.1, -0.05) is 0 Å². The molecule has 0 amide bonds. The summed E-state index contributed by atoms with van der Waals surface area (Å²) in [7, 11) is 0.839. The lowest BCUT2D eigenvalue weighted by Crippen LogP contribution is -2.35. The normalized spacial score (nSPS) is 15.2. The molecule has 0 unspecified atom stereocenters. The number of hydrogen-bond donors (Lipinski definition) is 2. The van der Waals surface area contributed by atoms with E-state index in [4.69, 9.17) is 23.8 Å². The van der Waals surface area contributed by atoms with Crippen molar-refractivity contribution in [1.82, 2.24) is 4.98 Å². The second-order valence-corrected chi connectivity index (χ2v) is 7.10. The number of ether oxygens (including phenoxy) is 2. The van der Waals surface area contributed by atoms with Gasteiger partial charge in [0, 0.05) is 30.7 Å². The van der Waals surface area contributed by atoms with Crippen molar-refractivity contribution < 1.29 is 23.8 Å². The van der Waals surface area contributed by atoms with Gasteiger partial charge in [0.15, 0.2) is 11.5 Å². The summed E-state index contributed by atoms with van der Waals surface area (Å²) in [5, 5.41) is 10.4. The zero-order chi connectivity index (χ0) is 19.4. The minimum atomic E-state index is -2.31. The van der Waals surface area contributed by atoms with Gasteiger partial charge in [-0.15, -0.1) is 0 Å². The molecule has 1 saturated heterocycles. The Labute approximate surface area is 158 Å². The third kappa shape index (κ3) is 4.23. The molecule has 27 heavy (non-hydrogen) atoms. The van der Waals surface area contributed by atoms with Gasteiger partial charge in [0.05, 0.1) is 37.6 Å². The minimum absolute atomic E-state index is 0.263. The van der Waals surface area contributed by atoms with Crippen LogP contribution in [-0.4, -0.2) is 48.7 Å². The molecule has 1 fully saturated rings. The van der Waals surface area contributed by atoms with Crippen LogP contribution in [0.3, 0.4) is 0 Å². The lowest BCUT2D eigenvalue weighted by Gasteiger charge is -2.34. The number of pyridine rings is 1. The number of aromatic nitrogens is 1. The van der Waals surface area contributed by atoms with E-state index in [0.29, 0.717) is 23.7 Å². The second kappa shape index (κ2) is 8.68. The van der Waals surface area contributed by atoms with Crippen molar-refractivity contribution in [3.8, 4) is 17.6 Å². The van der Waals surface area contributed by atoms with Gasteiger partial charge < -0.3 is 28.7 Å². The molecule has 0 atom stereocenters. The van der Waals surface area contributed by atoms with Crippen LogP contribution in [0.1, 0.15) is 18.4 Å². The highest BCUT2D eigenvalue weighted by Gasteiger charge is 2.24. The number of nitriles is 1. The van der Waals surface area contributed by atoms with E-state index in [1.54, 1.807) is 20.4 Å². The number of piperidine rings is 1. The predicted octanol–water partition coefficient (Wildman–Crippen LogP) is 2.57. The molecular weight excluding hydrogens is 369 g/mol. The maximum absolute atomic E-state index is 9.59. The first-order chi connectivity index (χ1) is 13.1. The van der Waals surface area contributed by atoms with Gasteiger partial charge in [0.25, 0.3) is 0 Å². The molecule has 1 aliphatic rings. The number of rotatable bonds is 6.